The molecule has 0 atom stereocenters. The zero-order valence-corrected chi connectivity index (χ0v) is 24.0. The minimum Gasteiger partial charge on any atom is -0.392 e. The van der Waals surface area contributed by atoms with Crippen LogP contribution in [0.25, 0.3) is 11.3 Å². The zero-order valence-electron chi connectivity index (χ0n) is 24.0. The molecule has 0 saturated carbocycles. The summed E-state index contributed by atoms with van der Waals surface area (Å²) in [5, 5.41) is 30.1. The number of hydrogen-bond acceptors (Lipinski definition) is 6. The number of aryl methyl sites for hydroxylation is 3. The van der Waals surface area contributed by atoms with E-state index in [1.165, 1.54) is 15.9 Å². The SMILES string of the molecule is Cn1nc(Cc2cc(-c3cccc(N4CCn5c(cc6c5CCCC6)C4=O)c3CO)nn(C)c2=O)cc1C(C)(C)O. The summed E-state index contributed by atoms with van der Waals surface area (Å²) in [6.45, 7) is 4.32. The van der Waals surface area contributed by atoms with Gasteiger partial charge in [-0.05, 0) is 69.4 Å². The number of nitrogens with zero attached hydrogens (tertiary/aromatic N) is 6. The van der Waals surface area contributed by atoms with Crippen LogP contribution in [0.2, 0.25) is 0 Å². The predicted octanol–water partition coefficient (Wildman–Crippen LogP) is 2.83. The summed E-state index contributed by atoms with van der Waals surface area (Å²) in [6.07, 6.45) is 4.59. The van der Waals surface area contributed by atoms with Crippen molar-refractivity contribution < 1.29 is 15.0 Å². The average molecular weight is 557 g/mol. The van der Waals surface area contributed by atoms with Crippen molar-refractivity contribution in [1.82, 2.24) is 24.1 Å². The van der Waals surface area contributed by atoms with Gasteiger partial charge in [-0.2, -0.15) is 10.2 Å². The molecule has 4 aromatic rings. The third-order valence-electron chi connectivity index (χ3n) is 8.36. The fraction of sp³-hybridized carbons (Fsp3) is 0.419. The molecule has 10 heteroatoms. The molecule has 3 aromatic heterocycles. The topological polar surface area (TPSA) is 118 Å². The normalized spacial score (nSPS) is 15.3. The maximum atomic E-state index is 13.7. The predicted molar refractivity (Wildman–Crippen MR) is 155 cm³/mol. The Morgan fingerprint density at radius 1 is 0.976 bits per heavy atom. The third kappa shape index (κ3) is 4.70. The van der Waals surface area contributed by atoms with Crippen LogP contribution in [0.4, 0.5) is 5.69 Å². The number of aliphatic hydroxyl groups is 2. The fourth-order valence-corrected chi connectivity index (χ4v) is 6.41. The van der Waals surface area contributed by atoms with Gasteiger partial charge in [-0.25, -0.2) is 4.68 Å². The quantitative estimate of drug-likeness (QED) is 0.377. The van der Waals surface area contributed by atoms with Crippen molar-refractivity contribution in [1.29, 1.82) is 0 Å². The molecule has 1 aliphatic heterocycles. The van der Waals surface area contributed by atoms with E-state index < -0.39 is 5.60 Å². The van der Waals surface area contributed by atoms with Gasteiger partial charge in [-0.3, -0.25) is 14.3 Å². The molecule has 2 aliphatic rings. The molecule has 0 saturated heterocycles. The lowest BCUT2D eigenvalue weighted by Gasteiger charge is -2.31. The lowest BCUT2D eigenvalue weighted by atomic mass is 9.98. The highest BCUT2D eigenvalue weighted by molar-refractivity contribution is 6.07. The number of fused-ring (bicyclic) bond motifs is 3. The number of amides is 1. The summed E-state index contributed by atoms with van der Waals surface area (Å²) in [5.74, 6) is -0.0654. The smallest absolute Gasteiger partial charge is 0.274 e. The first kappa shape index (κ1) is 27.2. The van der Waals surface area contributed by atoms with Crippen LogP contribution in [0.5, 0.6) is 0 Å². The van der Waals surface area contributed by atoms with Crippen LogP contribution in [0.3, 0.4) is 0 Å². The van der Waals surface area contributed by atoms with E-state index in [4.69, 9.17) is 0 Å². The summed E-state index contributed by atoms with van der Waals surface area (Å²) in [7, 11) is 3.36. The zero-order chi connectivity index (χ0) is 29.1. The average Bonchev–Trinajstić information content (AvgIpc) is 3.51. The van der Waals surface area contributed by atoms with Gasteiger partial charge in [-0.15, -0.1) is 0 Å². The number of aliphatic hydroxyl groups excluding tert-OH is 1. The minimum atomic E-state index is -1.07. The first-order chi connectivity index (χ1) is 19.6. The van der Waals surface area contributed by atoms with E-state index in [1.54, 1.807) is 49.7 Å². The lowest BCUT2D eigenvalue weighted by molar-refractivity contribution is 0.0695. The Bertz CT molecular complexity index is 1720. The van der Waals surface area contributed by atoms with E-state index in [2.05, 4.69) is 14.8 Å². The van der Waals surface area contributed by atoms with E-state index in [9.17, 15) is 19.8 Å². The molecule has 0 unspecified atom stereocenters. The molecule has 0 radical (unpaired) electrons. The molecule has 4 heterocycles. The van der Waals surface area contributed by atoms with E-state index in [1.807, 2.05) is 24.3 Å². The van der Waals surface area contributed by atoms with E-state index in [-0.39, 0.29) is 24.5 Å². The van der Waals surface area contributed by atoms with Gasteiger partial charge in [0.25, 0.3) is 11.5 Å². The van der Waals surface area contributed by atoms with E-state index in [0.717, 1.165) is 25.7 Å². The van der Waals surface area contributed by atoms with Gasteiger partial charge in [0.05, 0.1) is 29.4 Å². The number of rotatable bonds is 6. The highest BCUT2D eigenvalue weighted by atomic mass is 16.3. The molecule has 0 spiro atoms. The van der Waals surface area contributed by atoms with Crippen LogP contribution in [0, 0.1) is 0 Å². The Morgan fingerprint density at radius 3 is 2.49 bits per heavy atom. The standard InChI is InChI=1S/C31H36N6O4/c1-31(2,41)28-17-21(32-34(28)3)14-20-15-24(33-35(4)29(20)39)22-9-7-11-26(23(22)18-38)37-13-12-36-25-10-6-5-8-19(25)16-27(36)30(37)40/h7,9,11,15-17,38,41H,5-6,8,10,12-14,18H2,1-4H3. The summed E-state index contributed by atoms with van der Waals surface area (Å²) < 4.78 is 5.09. The number of hydrogen-bond donors (Lipinski definition) is 2. The molecule has 1 aromatic carbocycles. The molecule has 0 bridgehead atoms. The van der Waals surface area contributed by atoms with Crippen LogP contribution in [0.15, 0.2) is 41.2 Å². The Labute approximate surface area is 238 Å². The summed E-state index contributed by atoms with van der Waals surface area (Å²) in [6, 6.07) is 11.2. The maximum Gasteiger partial charge on any atom is 0.274 e. The summed E-state index contributed by atoms with van der Waals surface area (Å²) in [5.41, 5.74) is 6.17. The number of anilines is 1. The molecule has 1 amide bonds. The maximum absolute atomic E-state index is 13.7. The van der Waals surface area contributed by atoms with Gasteiger partial charge in [0, 0.05) is 56.0 Å². The van der Waals surface area contributed by atoms with Gasteiger partial charge >= 0.3 is 0 Å². The second-order valence-electron chi connectivity index (χ2n) is 11.6. The van der Waals surface area contributed by atoms with Crippen LogP contribution in [-0.2, 0) is 52.1 Å². The molecule has 2 N–H and O–H groups in total. The van der Waals surface area contributed by atoms with Crippen LogP contribution < -0.4 is 10.5 Å². The van der Waals surface area contributed by atoms with Crippen LogP contribution in [0.1, 0.15) is 70.9 Å². The first-order valence-corrected chi connectivity index (χ1v) is 14.2. The molecule has 0 fully saturated rings. The summed E-state index contributed by atoms with van der Waals surface area (Å²) >= 11 is 0. The summed E-state index contributed by atoms with van der Waals surface area (Å²) in [4.78, 5) is 28.6. The molecule has 214 valence electrons. The van der Waals surface area contributed by atoms with Crippen molar-refractivity contribution in [3.63, 3.8) is 0 Å². The van der Waals surface area contributed by atoms with Crippen molar-refractivity contribution in [3.05, 3.63) is 86.2 Å². The molecule has 6 rings (SSSR count). The fourth-order valence-electron chi connectivity index (χ4n) is 6.41. The Morgan fingerprint density at radius 2 is 1.76 bits per heavy atom. The van der Waals surface area contributed by atoms with Crippen LogP contribution in [-0.4, -0.2) is 46.8 Å². The molecule has 1 aliphatic carbocycles. The van der Waals surface area contributed by atoms with Gasteiger partial charge in [-0.1, -0.05) is 12.1 Å². The van der Waals surface area contributed by atoms with E-state index >= 15 is 0 Å². The Kier molecular flexibility index (Phi) is 6.70. The second-order valence-corrected chi connectivity index (χ2v) is 11.6. The third-order valence-corrected chi connectivity index (χ3v) is 8.36. The highest BCUT2D eigenvalue weighted by Crippen LogP contribution is 2.35. The van der Waals surface area contributed by atoms with Gasteiger partial charge in [0.15, 0.2) is 0 Å². The van der Waals surface area contributed by atoms with Crippen molar-refractivity contribution in [3.8, 4) is 11.3 Å². The van der Waals surface area contributed by atoms with Gasteiger partial charge < -0.3 is 19.7 Å². The Balaban J connectivity index is 1.37. The number of carbonyl (C=O) groups excluding carboxylic acids is 1. The molecular weight excluding hydrogens is 520 g/mol. The van der Waals surface area contributed by atoms with Crippen LogP contribution >= 0.6 is 0 Å². The van der Waals surface area contributed by atoms with E-state index in [0.29, 0.717) is 58.2 Å². The largest absolute Gasteiger partial charge is 0.392 e. The van der Waals surface area contributed by atoms with Crippen molar-refractivity contribution in [2.24, 2.45) is 14.1 Å². The first-order valence-electron chi connectivity index (χ1n) is 14.2. The molecule has 41 heavy (non-hydrogen) atoms. The number of aromatic nitrogens is 5. The van der Waals surface area contributed by atoms with Crippen molar-refractivity contribution >= 4 is 11.6 Å². The van der Waals surface area contributed by atoms with Crippen molar-refractivity contribution in [2.75, 3.05) is 11.4 Å². The number of carbonyl (C=O) groups is 1. The monoisotopic (exact) mass is 556 g/mol. The highest BCUT2D eigenvalue weighted by Gasteiger charge is 2.32. The Hall–Kier alpha value is -4.02. The number of benzene rings is 1. The van der Waals surface area contributed by atoms with Gasteiger partial charge in [0.1, 0.15) is 11.3 Å². The minimum absolute atomic E-state index is 0.0654. The van der Waals surface area contributed by atoms with Crippen molar-refractivity contribution in [2.45, 2.75) is 64.7 Å². The molecule has 10 nitrogen and oxygen atoms in total. The molecular formula is C31H36N6O4. The lowest BCUT2D eigenvalue weighted by Crippen LogP contribution is -2.41. The van der Waals surface area contributed by atoms with Gasteiger partial charge in [0.2, 0.25) is 0 Å². The second kappa shape index (κ2) is 10.1.